The molecule has 0 amide bonds. The van der Waals surface area contributed by atoms with E-state index < -0.39 is 0 Å². The molecule has 0 saturated carbocycles. The summed E-state index contributed by atoms with van der Waals surface area (Å²) in [5.74, 6) is -0.158. The van der Waals surface area contributed by atoms with E-state index in [0.29, 0.717) is 38.4 Å². The topological polar surface area (TPSA) is 82.6 Å². The molecule has 2 aromatic carbocycles. The Morgan fingerprint density at radius 1 is 1.13 bits per heavy atom. The maximum Gasteiger partial charge on any atom is 0.173 e. The first-order chi connectivity index (χ1) is 14.7. The Labute approximate surface area is 177 Å². The van der Waals surface area contributed by atoms with Gasteiger partial charge in [0.2, 0.25) is 0 Å². The van der Waals surface area contributed by atoms with E-state index in [1.807, 2.05) is 19.1 Å². The summed E-state index contributed by atoms with van der Waals surface area (Å²) < 4.78 is 10.5. The number of benzene rings is 2. The number of fused-ring (bicyclic) bond motifs is 1. The van der Waals surface area contributed by atoms with Gasteiger partial charge in [0.15, 0.2) is 5.78 Å². The van der Waals surface area contributed by atoms with Crippen LogP contribution < -0.4 is 4.90 Å². The molecule has 0 atom stereocenters. The molecule has 0 spiro atoms. The third kappa shape index (κ3) is 5.67. The lowest BCUT2D eigenvalue weighted by atomic mass is 9.95. The summed E-state index contributed by atoms with van der Waals surface area (Å²) in [7, 11) is 0. The molecule has 2 aromatic rings. The second-order valence-electron chi connectivity index (χ2n) is 7.29. The Hall–Kier alpha value is -2.72. The minimum atomic E-state index is -0.158. The number of carbonyl (C=O) groups excluding carboxylic acids is 1. The van der Waals surface area contributed by atoms with Crippen LogP contribution in [0.4, 0.5) is 5.69 Å². The van der Waals surface area contributed by atoms with Crippen LogP contribution in [-0.2, 0) is 14.3 Å². The minimum absolute atomic E-state index is 0.00605. The smallest absolute Gasteiger partial charge is 0.173 e. The van der Waals surface area contributed by atoms with Gasteiger partial charge in [-0.15, -0.1) is 0 Å². The van der Waals surface area contributed by atoms with Crippen LogP contribution in [0, 0.1) is 11.3 Å². The quantitative estimate of drug-likeness (QED) is 0.251. The van der Waals surface area contributed by atoms with E-state index in [0.717, 1.165) is 29.4 Å². The fourth-order valence-electron chi connectivity index (χ4n) is 3.40. The van der Waals surface area contributed by atoms with Crippen molar-refractivity contribution >= 4 is 27.8 Å². The second-order valence-corrected chi connectivity index (χ2v) is 7.29. The summed E-state index contributed by atoms with van der Waals surface area (Å²) in [6.07, 6.45) is 0.818. The van der Waals surface area contributed by atoms with Gasteiger partial charge < -0.3 is 19.5 Å². The van der Waals surface area contributed by atoms with Gasteiger partial charge >= 0.3 is 0 Å². The van der Waals surface area contributed by atoms with Gasteiger partial charge in [-0.3, -0.25) is 4.79 Å². The number of hydrogen-bond donors (Lipinski definition) is 1. The summed E-state index contributed by atoms with van der Waals surface area (Å²) >= 11 is 0. The lowest BCUT2D eigenvalue weighted by Gasteiger charge is -2.11. The molecule has 1 aliphatic rings. The van der Waals surface area contributed by atoms with Crippen molar-refractivity contribution in [2.45, 2.75) is 19.8 Å². The number of nitrogens with zero attached hydrogens (tertiary/aromatic N) is 2. The number of ketones is 1. The number of anilines is 1. The Kier molecular flexibility index (Phi) is 7.97. The average Bonchev–Trinajstić information content (AvgIpc) is 3.60. The molecule has 0 aromatic heterocycles. The van der Waals surface area contributed by atoms with Gasteiger partial charge in [-0.25, -0.2) is 0 Å². The Morgan fingerprint density at radius 2 is 1.90 bits per heavy atom. The minimum Gasteiger partial charge on any atom is -0.394 e. The predicted molar refractivity (Wildman–Crippen MR) is 117 cm³/mol. The number of ether oxygens (including phenoxy) is 2. The van der Waals surface area contributed by atoms with E-state index in [4.69, 9.17) is 14.6 Å². The maximum absolute atomic E-state index is 12.6. The number of rotatable bonds is 12. The Morgan fingerprint density at radius 3 is 2.60 bits per heavy atom. The molecular formula is C24H28N2O4. The number of aliphatic hydroxyl groups is 1. The summed E-state index contributed by atoms with van der Waals surface area (Å²) in [5.41, 5.74) is 3.03. The third-order valence-corrected chi connectivity index (χ3v) is 5.15. The van der Waals surface area contributed by atoms with E-state index in [1.54, 1.807) is 0 Å². The fourth-order valence-corrected chi connectivity index (χ4v) is 3.40. The normalized spacial score (nSPS) is 13.8. The van der Waals surface area contributed by atoms with Crippen LogP contribution in [0.15, 0.2) is 42.0 Å². The first-order valence-electron chi connectivity index (χ1n) is 10.3. The zero-order valence-corrected chi connectivity index (χ0v) is 17.4. The molecule has 1 saturated heterocycles. The van der Waals surface area contributed by atoms with Gasteiger partial charge in [-0.05, 0) is 42.0 Å². The van der Waals surface area contributed by atoms with Crippen molar-refractivity contribution in [2.24, 2.45) is 0 Å². The summed E-state index contributed by atoms with van der Waals surface area (Å²) in [5, 5.41) is 20.5. The zero-order chi connectivity index (χ0) is 21.3. The van der Waals surface area contributed by atoms with Crippen LogP contribution in [0.25, 0.3) is 16.3 Å². The lowest BCUT2D eigenvalue weighted by Crippen LogP contribution is -2.09. The van der Waals surface area contributed by atoms with E-state index in [9.17, 15) is 10.1 Å². The number of allylic oxidation sites excluding steroid dienone is 2. The van der Waals surface area contributed by atoms with Gasteiger partial charge in [-0.1, -0.05) is 24.3 Å². The number of aliphatic hydroxyl groups excluding tert-OH is 1. The monoisotopic (exact) mass is 408 g/mol. The van der Waals surface area contributed by atoms with Gasteiger partial charge in [0.05, 0.1) is 32.0 Å². The Balaban J connectivity index is 1.64. The van der Waals surface area contributed by atoms with E-state index >= 15 is 0 Å². The molecular weight excluding hydrogens is 380 g/mol. The van der Waals surface area contributed by atoms with Crippen molar-refractivity contribution in [3.63, 3.8) is 0 Å². The highest BCUT2D eigenvalue weighted by molar-refractivity contribution is 6.07. The van der Waals surface area contributed by atoms with Crippen LogP contribution in [0.5, 0.6) is 0 Å². The number of Topliss-reactive ketones (excluding diaryl/α,β-unsaturated/α-hetero) is 1. The molecule has 0 unspecified atom stereocenters. The van der Waals surface area contributed by atoms with E-state index in [1.165, 1.54) is 5.69 Å². The number of carbonyl (C=O) groups is 1. The van der Waals surface area contributed by atoms with Crippen LogP contribution in [-0.4, -0.2) is 57.0 Å². The molecule has 6 heteroatoms. The van der Waals surface area contributed by atoms with Crippen molar-refractivity contribution in [1.82, 2.24) is 0 Å². The van der Waals surface area contributed by atoms with Crippen molar-refractivity contribution in [1.29, 1.82) is 5.26 Å². The average molecular weight is 408 g/mol. The zero-order valence-electron chi connectivity index (χ0n) is 17.4. The van der Waals surface area contributed by atoms with Crippen molar-refractivity contribution in [3.8, 4) is 6.07 Å². The van der Waals surface area contributed by atoms with Crippen LogP contribution in [0.1, 0.15) is 25.3 Å². The highest BCUT2D eigenvalue weighted by Crippen LogP contribution is 2.33. The molecule has 1 heterocycles. The molecule has 158 valence electrons. The maximum atomic E-state index is 12.6. The summed E-state index contributed by atoms with van der Waals surface area (Å²) in [6.45, 7) is 5.53. The molecule has 3 rings (SSSR count). The molecule has 30 heavy (non-hydrogen) atoms. The number of hydrogen-bond acceptors (Lipinski definition) is 6. The van der Waals surface area contributed by atoms with Gasteiger partial charge in [0, 0.05) is 37.2 Å². The number of nitriles is 1. The standard InChI is InChI=1S/C24H28N2O4/c1-18(22(17-25)24(28)6-3-12-29-14-15-30-13-11-27)20-8-7-19-4-2-5-23(21(19)16-20)26-9-10-26/h2,4-5,7-8,16,27H,3,6,9-15H2,1H3/b22-18+. The van der Waals surface area contributed by atoms with Crippen LogP contribution >= 0.6 is 0 Å². The van der Waals surface area contributed by atoms with Crippen LogP contribution in [0.3, 0.4) is 0 Å². The Bertz CT molecular complexity index is 957. The fraction of sp³-hybridized carbons (Fsp3) is 0.417. The van der Waals surface area contributed by atoms with E-state index in [2.05, 4.69) is 35.2 Å². The SMILES string of the molecule is C/C(=C(/C#N)C(=O)CCCOCCOCCO)c1ccc2cccc(N3CC3)c2c1. The highest BCUT2D eigenvalue weighted by Gasteiger charge is 2.20. The molecule has 0 aliphatic carbocycles. The van der Waals surface area contributed by atoms with Gasteiger partial charge in [-0.2, -0.15) is 5.26 Å². The lowest BCUT2D eigenvalue weighted by molar-refractivity contribution is -0.115. The highest BCUT2D eigenvalue weighted by atomic mass is 16.5. The molecule has 6 nitrogen and oxygen atoms in total. The van der Waals surface area contributed by atoms with Gasteiger partial charge in [0.1, 0.15) is 6.07 Å². The molecule has 1 fully saturated rings. The summed E-state index contributed by atoms with van der Waals surface area (Å²) in [4.78, 5) is 14.9. The molecule has 0 radical (unpaired) electrons. The van der Waals surface area contributed by atoms with Gasteiger partial charge in [0.25, 0.3) is 0 Å². The van der Waals surface area contributed by atoms with Crippen molar-refractivity contribution in [3.05, 3.63) is 47.5 Å². The first kappa shape index (κ1) is 22.0. The third-order valence-electron chi connectivity index (χ3n) is 5.15. The largest absolute Gasteiger partial charge is 0.394 e. The van der Waals surface area contributed by atoms with Crippen LogP contribution in [0.2, 0.25) is 0 Å². The molecule has 0 bridgehead atoms. The van der Waals surface area contributed by atoms with Crippen molar-refractivity contribution in [2.75, 3.05) is 51.0 Å². The van der Waals surface area contributed by atoms with E-state index in [-0.39, 0.29) is 24.4 Å². The van der Waals surface area contributed by atoms with Crippen molar-refractivity contribution < 1.29 is 19.4 Å². The predicted octanol–water partition coefficient (Wildman–Crippen LogP) is 3.33. The second kappa shape index (κ2) is 10.9. The first-order valence-corrected chi connectivity index (χ1v) is 10.3. The molecule has 1 aliphatic heterocycles. The molecule has 1 N–H and O–H groups in total. The summed E-state index contributed by atoms with van der Waals surface area (Å²) in [6, 6.07) is 14.5.